The van der Waals surface area contributed by atoms with Gasteiger partial charge < -0.3 is 4.74 Å². The Kier molecular flexibility index (Phi) is 5.50. The lowest BCUT2D eigenvalue weighted by atomic mass is 10.2. The van der Waals surface area contributed by atoms with Gasteiger partial charge in [0.2, 0.25) is 0 Å². The molecule has 0 saturated carbocycles. The van der Waals surface area contributed by atoms with E-state index in [9.17, 15) is 4.79 Å². The zero-order valence-corrected chi connectivity index (χ0v) is 15.1. The van der Waals surface area contributed by atoms with Gasteiger partial charge in [-0.3, -0.25) is 0 Å². The first kappa shape index (κ1) is 17.0. The summed E-state index contributed by atoms with van der Waals surface area (Å²) >= 11 is 8.80. The molecular formula is C17H13ClN2O2S2. The lowest BCUT2D eigenvalue weighted by molar-refractivity contribution is 0.0463. The molecule has 122 valence electrons. The van der Waals surface area contributed by atoms with Crippen LogP contribution in [0.4, 0.5) is 0 Å². The smallest absolute Gasteiger partial charge is 0.341 e. The van der Waals surface area contributed by atoms with Gasteiger partial charge in [0.25, 0.3) is 0 Å². The maximum Gasteiger partial charge on any atom is 0.341 e. The Bertz CT molecular complexity index is 850. The summed E-state index contributed by atoms with van der Waals surface area (Å²) in [5.41, 5.74) is 2.17. The number of aromatic nitrogens is 2. The number of carbonyl (C=O) groups is 1. The molecule has 0 amide bonds. The summed E-state index contributed by atoms with van der Waals surface area (Å²) < 4.78 is 5.36. The van der Waals surface area contributed by atoms with Crippen molar-refractivity contribution in [1.29, 1.82) is 0 Å². The number of pyridine rings is 1. The number of carbonyl (C=O) groups excluding carboxylic acids is 1. The van der Waals surface area contributed by atoms with Gasteiger partial charge in [0.1, 0.15) is 16.6 Å². The van der Waals surface area contributed by atoms with E-state index >= 15 is 0 Å². The van der Waals surface area contributed by atoms with Crippen LogP contribution in [0.15, 0.2) is 53.0 Å². The van der Waals surface area contributed by atoms with Crippen LogP contribution in [0.25, 0.3) is 10.6 Å². The first-order chi connectivity index (χ1) is 11.7. The molecule has 0 N–H and O–H groups in total. The van der Waals surface area contributed by atoms with Gasteiger partial charge in [-0.15, -0.1) is 23.1 Å². The van der Waals surface area contributed by atoms with Crippen LogP contribution in [0.3, 0.4) is 0 Å². The van der Waals surface area contributed by atoms with Gasteiger partial charge in [0.15, 0.2) is 0 Å². The third-order valence-corrected chi connectivity index (χ3v) is 5.08. The average Bonchev–Trinajstić information content (AvgIpc) is 3.09. The molecule has 0 aliphatic heterocycles. The second-order valence-corrected chi connectivity index (χ2v) is 6.88. The predicted octanol–water partition coefficient (Wildman–Crippen LogP) is 4.94. The number of esters is 1. The fraction of sp³-hybridized carbons (Fsp3) is 0.118. The Hall–Kier alpha value is -1.89. The third kappa shape index (κ3) is 3.95. The molecule has 24 heavy (non-hydrogen) atoms. The highest BCUT2D eigenvalue weighted by Gasteiger charge is 2.14. The van der Waals surface area contributed by atoms with Crippen molar-refractivity contribution in [1.82, 2.24) is 9.97 Å². The molecule has 0 fully saturated rings. The second kappa shape index (κ2) is 7.79. The van der Waals surface area contributed by atoms with Crippen LogP contribution in [-0.2, 0) is 11.3 Å². The van der Waals surface area contributed by atoms with Crippen molar-refractivity contribution in [3.63, 3.8) is 0 Å². The quantitative estimate of drug-likeness (QED) is 0.466. The molecule has 4 nitrogen and oxygen atoms in total. The van der Waals surface area contributed by atoms with Crippen LogP contribution < -0.4 is 0 Å². The van der Waals surface area contributed by atoms with E-state index in [1.807, 2.05) is 35.9 Å². The average molecular weight is 377 g/mol. The van der Waals surface area contributed by atoms with Gasteiger partial charge >= 0.3 is 5.97 Å². The van der Waals surface area contributed by atoms with Gasteiger partial charge in [-0.25, -0.2) is 14.8 Å². The van der Waals surface area contributed by atoms with E-state index in [1.165, 1.54) is 23.1 Å². The van der Waals surface area contributed by atoms with Crippen LogP contribution in [0, 0.1) is 0 Å². The molecule has 1 aromatic carbocycles. The highest BCUT2D eigenvalue weighted by Crippen LogP contribution is 2.25. The van der Waals surface area contributed by atoms with E-state index in [4.69, 9.17) is 16.3 Å². The minimum Gasteiger partial charge on any atom is -0.455 e. The Morgan fingerprint density at radius 2 is 2.08 bits per heavy atom. The number of ether oxygens (including phenoxy) is 1. The normalized spacial score (nSPS) is 10.6. The first-order valence-corrected chi connectivity index (χ1v) is 9.52. The van der Waals surface area contributed by atoms with Gasteiger partial charge in [-0.1, -0.05) is 23.7 Å². The largest absolute Gasteiger partial charge is 0.455 e. The minimum atomic E-state index is -0.395. The maximum absolute atomic E-state index is 12.2. The number of rotatable bonds is 5. The summed E-state index contributed by atoms with van der Waals surface area (Å²) in [7, 11) is 0. The van der Waals surface area contributed by atoms with Crippen molar-refractivity contribution in [2.75, 3.05) is 6.26 Å². The molecule has 0 radical (unpaired) electrons. The minimum absolute atomic E-state index is 0.131. The molecule has 0 saturated heterocycles. The van der Waals surface area contributed by atoms with E-state index in [1.54, 1.807) is 18.3 Å². The lowest BCUT2D eigenvalue weighted by Gasteiger charge is -2.05. The summed E-state index contributed by atoms with van der Waals surface area (Å²) in [6.07, 6.45) is 3.53. The number of nitrogens with zero attached hydrogens (tertiary/aromatic N) is 2. The van der Waals surface area contributed by atoms with E-state index in [0.717, 1.165) is 10.6 Å². The molecule has 0 spiro atoms. The zero-order valence-electron chi connectivity index (χ0n) is 12.7. The van der Waals surface area contributed by atoms with Gasteiger partial charge in [-0.05, 0) is 30.5 Å². The predicted molar refractivity (Wildman–Crippen MR) is 97.7 cm³/mol. The van der Waals surface area contributed by atoms with Crippen LogP contribution in [-0.4, -0.2) is 22.2 Å². The highest BCUT2D eigenvalue weighted by molar-refractivity contribution is 7.98. The molecule has 0 bridgehead atoms. The molecule has 0 aliphatic carbocycles. The second-order valence-electron chi connectivity index (χ2n) is 4.79. The Morgan fingerprint density at radius 1 is 1.29 bits per heavy atom. The number of hydrogen-bond acceptors (Lipinski definition) is 6. The van der Waals surface area contributed by atoms with Crippen molar-refractivity contribution in [2.24, 2.45) is 0 Å². The SMILES string of the molecule is CSc1ncccc1C(=O)OCc1csc(-c2ccc(Cl)cc2)n1. The van der Waals surface area contributed by atoms with Gasteiger partial charge in [0, 0.05) is 22.2 Å². The molecule has 0 unspecified atom stereocenters. The monoisotopic (exact) mass is 376 g/mol. The highest BCUT2D eigenvalue weighted by atomic mass is 35.5. The molecule has 7 heteroatoms. The molecule has 3 aromatic rings. The zero-order chi connectivity index (χ0) is 16.9. The molecule has 3 rings (SSSR count). The third-order valence-electron chi connectivity index (χ3n) is 3.18. The van der Waals surface area contributed by atoms with Crippen LogP contribution >= 0.6 is 34.7 Å². The van der Waals surface area contributed by atoms with Crippen molar-refractivity contribution in [3.05, 3.63) is 64.3 Å². The van der Waals surface area contributed by atoms with E-state index < -0.39 is 5.97 Å². The van der Waals surface area contributed by atoms with Crippen molar-refractivity contribution < 1.29 is 9.53 Å². The number of hydrogen-bond donors (Lipinski definition) is 0. The summed E-state index contributed by atoms with van der Waals surface area (Å²) in [4.78, 5) is 20.9. The Labute approximate surface area is 152 Å². The summed E-state index contributed by atoms with van der Waals surface area (Å²) in [6, 6.07) is 10.9. The number of benzene rings is 1. The Balaban J connectivity index is 1.67. The first-order valence-electron chi connectivity index (χ1n) is 7.04. The molecule has 0 atom stereocenters. The van der Waals surface area contributed by atoms with Crippen LogP contribution in [0.5, 0.6) is 0 Å². The number of thiazole rings is 1. The van der Waals surface area contributed by atoms with Crippen LogP contribution in [0.1, 0.15) is 16.1 Å². The summed E-state index contributed by atoms with van der Waals surface area (Å²) in [6.45, 7) is 0.131. The standard InChI is InChI=1S/C17H13ClN2O2S2/c1-23-16-14(3-2-8-19-16)17(21)22-9-13-10-24-15(20-13)11-4-6-12(18)7-5-11/h2-8,10H,9H2,1H3. The van der Waals surface area contributed by atoms with Gasteiger partial charge in [0.05, 0.1) is 11.3 Å². The summed E-state index contributed by atoms with van der Waals surface area (Å²) in [5, 5.41) is 4.09. The fourth-order valence-corrected chi connectivity index (χ4v) is 3.50. The number of thioether (sulfide) groups is 1. The van der Waals surface area contributed by atoms with Crippen LogP contribution in [0.2, 0.25) is 5.02 Å². The lowest BCUT2D eigenvalue weighted by Crippen LogP contribution is -2.07. The van der Waals surface area contributed by atoms with Gasteiger partial charge in [-0.2, -0.15) is 0 Å². The van der Waals surface area contributed by atoms with E-state index in [-0.39, 0.29) is 6.61 Å². The van der Waals surface area contributed by atoms with Crippen molar-refractivity contribution in [2.45, 2.75) is 11.6 Å². The Morgan fingerprint density at radius 3 is 2.83 bits per heavy atom. The number of halogens is 1. The van der Waals surface area contributed by atoms with Crippen molar-refractivity contribution >= 4 is 40.7 Å². The fourth-order valence-electron chi connectivity index (χ4n) is 2.02. The molecular weight excluding hydrogens is 364 g/mol. The van der Waals surface area contributed by atoms with Crippen molar-refractivity contribution in [3.8, 4) is 10.6 Å². The summed E-state index contributed by atoms with van der Waals surface area (Å²) in [5.74, 6) is -0.395. The molecule has 2 aromatic heterocycles. The topological polar surface area (TPSA) is 52.1 Å². The molecule has 2 heterocycles. The van der Waals surface area contributed by atoms with E-state index in [0.29, 0.717) is 21.3 Å². The maximum atomic E-state index is 12.2. The van der Waals surface area contributed by atoms with E-state index in [2.05, 4.69) is 9.97 Å². The molecule has 0 aliphatic rings.